The van der Waals surface area contributed by atoms with Gasteiger partial charge in [-0.15, -0.1) is 11.3 Å². The lowest BCUT2D eigenvalue weighted by molar-refractivity contribution is 0.0703. The van der Waals surface area contributed by atoms with E-state index in [9.17, 15) is 4.79 Å². The fourth-order valence-corrected chi connectivity index (χ4v) is 2.00. The molecule has 2 aromatic rings. The van der Waals surface area contributed by atoms with Gasteiger partial charge in [0.15, 0.2) is 0 Å². The van der Waals surface area contributed by atoms with E-state index in [1.807, 2.05) is 0 Å². The summed E-state index contributed by atoms with van der Waals surface area (Å²) in [5.41, 5.74) is 5.81. The van der Waals surface area contributed by atoms with E-state index in [1.165, 1.54) is 6.26 Å². The normalized spacial score (nSPS) is 10.3. The molecule has 0 fully saturated rings. The molecule has 0 aliphatic carbocycles. The molecule has 5 heteroatoms. The zero-order valence-electron chi connectivity index (χ0n) is 7.06. The van der Waals surface area contributed by atoms with Gasteiger partial charge in [0.1, 0.15) is 10.6 Å². The van der Waals surface area contributed by atoms with Gasteiger partial charge in [-0.1, -0.05) is 0 Å². The largest absolute Gasteiger partial charge is 0.477 e. The maximum Gasteiger partial charge on any atom is 0.348 e. The second-order valence-electron chi connectivity index (χ2n) is 2.68. The molecule has 0 saturated carbocycles. The van der Waals surface area contributed by atoms with Crippen molar-refractivity contribution in [3.63, 3.8) is 0 Å². The van der Waals surface area contributed by atoms with Crippen LogP contribution in [-0.2, 0) is 0 Å². The molecule has 3 N–H and O–H groups in total. The van der Waals surface area contributed by atoms with Crippen LogP contribution in [0.5, 0.6) is 0 Å². The molecule has 4 nitrogen and oxygen atoms in total. The Morgan fingerprint density at radius 1 is 1.57 bits per heavy atom. The van der Waals surface area contributed by atoms with Crippen LogP contribution in [0.15, 0.2) is 28.9 Å². The number of hydrogen-bond acceptors (Lipinski definition) is 4. The van der Waals surface area contributed by atoms with Gasteiger partial charge in [0, 0.05) is 0 Å². The van der Waals surface area contributed by atoms with Crippen LogP contribution in [0.3, 0.4) is 0 Å². The number of aromatic carboxylic acids is 1. The molecule has 14 heavy (non-hydrogen) atoms. The second kappa shape index (κ2) is 3.19. The summed E-state index contributed by atoms with van der Waals surface area (Å²) in [6, 6.07) is 5.11. The number of furan rings is 1. The molecule has 72 valence electrons. The number of nitrogens with two attached hydrogens (primary N) is 1. The van der Waals surface area contributed by atoms with Gasteiger partial charge in [0.2, 0.25) is 0 Å². The van der Waals surface area contributed by atoms with Gasteiger partial charge in [0.25, 0.3) is 0 Å². The molecule has 0 amide bonds. The monoisotopic (exact) mass is 209 g/mol. The minimum Gasteiger partial charge on any atom is -0.477 e. The van der Waals surface area contributed by atoms with E-state index in [2.05, 4.69) is 0 Å². The highest BCUT2D eigenvalue weighted by molar-refractivity contribution is 7.17. The van der Waals surface area contributed by atoms with Crippen LogP contribution in [0.4, 0.5) is 5.69 Å². The minimum absolute atomic E-state index is 0.149. The van der Waals surface area contributed by atoms with Crippen molar-refractivity contribution in [3.8, 4) is 10.6 Å². The maximum atomic E-state index is 10.7. The molecule has 0 aromatic carbocycles. The lowest BCUT2D eigenvalue weighted by Crippen LogP contribution is -1.96. The molecule has 0 saturated heterocycles. The minimum atomic E-state index is -1.01. The number of rotatable bonds is 2. The number of carboxylic acid groups (broad SMARTS) is 1. The summed E-state index contributed by atoms with van der Waals surface area (Å²) in [6.45, 7) is 0. The lowest BCUT2D eigenvalue weighted by Gasteiger charge is -1.87. The Hall–Kier alpha value is -1.75. The van der Waals surface area contributed by atoms with Crippen molar-refractivity contribution in [1.29, 1.82) is 0 Å². The molecule has 2 aromatic heterocycles. The van der Waals surface area contributed by atoms with Crippen molar-refractivity contribution < 1.29 is 14.3 Å². The molecule has 2 heterocycles. The van der Waals surface area contributed by atoms with Crippen LogP contribution < -0.4 is 5.73 Å². The zero-order valence-corrected chi connectivity index (χ0v) is 7.88. The molecule has 0 radical (unpaired) electrons. The third-order valence-electron chi connectivity index (χ3n) is 1.72. The Balaban J connectivity index is 2.48. The summed E-state index contributed by atoms with van der Waals surface area (Å²) < 4.78 is 5.13. The van der Waals surface area contributed by atoms with Gasteiger partial charge >= 0.3 is 5.97 Å². The van der Waals surface area contributed by atoms with E-state index < -0.39 is 5.97 Å². The first kappa shape index (κ1) is 8.83. The summed E-state index contributed by atoms with van der Waals surface area (Å²) in [5, 5.41) is 8.78. The van der Waals surface area contributed by atoms with Crippen molar-refractivity contribution in [2.45, 2.75) is 0 Å². The van der Waals surface area contributed by atoms with E-state index in [4.69, 9.17) is 15.3 Å². The molecule has 0 aliphatic heterocycles. The van der Waals surface area contributed by atoms with E-state index >= 15 is 0 Å². The van der Waals surface area contributed by atoms with Gasteiger partial charge < -0.3 is 15.3 Å². The van der Waals surface area contributed by atoms with E-state index in [0.717, 1.165) is 16.2 Å². The molecule has 0 spiro atoms. The quantitative estimate of drug-likeness (QED) is 0.795. The summed E-state index contributed by atoms with van der Waals surface area (Å²) in [5.74, 6) is -0.375. The van der Waals surface area contributed by atoms with E-state index in [1.54, 1.807) is 18.2 Å². The lowest BCUT2D eigenvalue weighted by atomic mass is 10.3. The first-order valence-corrected chi connectivity index (χ1v) is 4.66. The van der Waals surface area contributed by atoms with Crippen molar-refractivity contribution in [2.24, 2.45) is 0 Å². The molecule has 0 bridgehead atoms. The first-order chi connectivity index (χ1) is 6.68. The van der Waals surface area contributed by atoms with Crippen molar-refractivity contribution >= 4 is 23.0 Å². The first-order valence-electron chi connectivity index (χ1n) is 3.85. The van der Waals surface area contributed by atoms with Gasteiger partial charge in [0.05, 0.1) is 16.8 Å². The predicted octanol–water partition coefficient (Wildman–Crippen LogP) is 2.29. The molecule has 2 rings (SSSR count). The molecule has 0 atom stereocenters. The Morgan fingerprint density at radius 3 is 2.86 bits per heavy atom. The number of carboxylic acids is 1. The van der Waals surface area contributed by atoms with Crippen LogP contribution in [0, 0.1) is 0 Å². The highest BCUT2D eigenvalue weighted by Crippen LogP contribution is 2.33. The number of carbonyl (C=O) groups is 1. The average Bonchev–Trinajstić information content (AvgIpc) is 2.70. The molecular formula is C9H7NO3S. The summed E-state index contributed by atoms with van der Waals surface area (Å²) >= 11 is 1.11. The van der Waals surface area contributed by atoms with Crippen LogP contribution in [0.2, 0.25) is 0 Å². The third kappa shape index (κ3) is 1.38. The van der Waals surface area contributed by atoms with Gasteiger partial charge in [-0.3, -0.25) is 0 Å². The standard InChI is InChI=1S/C9H7NO3S/c10-5-4-7(6-2-1-3-13-6)14-8(5)9(11)12/h1-4H,10H2,(H,11,12). The Labute approximate surface area is 83.6 Å². The van der Waals surface area contributed by atoms with Crippen molar-refractivity contribution in [1.82, 2.24) is 0 Å². The van der Waals surface area contributed by atoms with Crippen LogP contribution in [-0.4, -0.2) is 11.1 Å². The van der Waals surface area contributed by atoms with Crippen LogP contribution in [0.1, 0.15) is 9.67 Å². The molecule has 0 aliphatic rings. The Morgan fingerprint density at radius 2 is 2.36 bits per heavy atom. The fourth-order valence-electron chi connectivity index (χ4n) is 1.11. The topological polar surface area (TPSA) is 76.5 Å². The molecular weight excluding hydrogens is 202 g/mol. The second-order valence-corrected chi connectivity index (χ2v) is 3.73. The maximum absolute atomic E-state index is 10.7. The highest BCUT2D eigenvalue weighted by atomic mass is 32.1. The van der Waals surface area contributed by atoms with Gasteiger partial charge in [-0.2, -0.15) is 0 Å². The number of anilines is 1. The van der Waals surface area contributed by atoms with E-state index in [-0.39, 0.29) is 10.6 Å². The highest BCUT2D eigenvalue weighted by Gasteiger charge is 2.14. The van der Waals surface area contributed by atoms with Crippen LogP contribution in [0.25, 0.3) is 10.6 Å². The molecule has 0 unspecified atom stereocenters. The number of thiophene rings is 1. The third-order valence-corrected chi connectivity index (χ3v) is 2.87. The predicted molar refractivity (Wildman–Crippen MR) is 53.4 cm³/mol. The van der Waals surface area contributed by atoms with Crippen molar-refractivity contribution in [3.05, 3.63) is 29.3 Å². The van der Waals surface area contributed by atoms with Crippen molar-refractivity contribution in [2.75, 3.05) is 5.73 Å². The van der Waals surface area contributed by atoms with E-state index in [0.29, 0.717) is 5.76 Å². The summed E-state index contributed by atoms with van der Waals surface area (Å²) in [7, 11) is 0. The van der Waals surface area contributed by atoms with Gasteiger partial charge in [-0.25, -0.2) is 4.79 Å². The number of hydrogen-bond donors (Lipinski definition) is 2. The number of nitrogen functional groups attached to an aromatic ring is 1. The fraction of sp³-hybridized carbons (Fsp3) is 0. The Bertz CT molecular complexity index is 458. The smallest absolute Gasteiger partial charge is 0.348 e. The SMILES string of the molecule is Nc1cc(-c2ccco2)sc1C(=O)O. The van der Waals surface area contributed by atoms with Crippen LogP contribution >= 0.6 is 11.3 Å². The zero-order chi connectivity index (χ0) is 10.1. The Kier molecular flexibility index (Phi) is 2.01. The average molecular weight is 209 g/mol. The van der Waals surface area contributed by atoms with Gasteiger partial charge in [-0.05, 0) is 18.2 Å². The summed E-state index contributed by atoms with van der Waals surface area (Å²) in [6.07, 6.45) is 1.53. The summed E-state index contributed by atoms with van der Waals surface area (Å²) in [4.78, 5) is 11.6.